The van der Waals surface area contributed by atoms with Gasteiger partial charge >= 0.3 is 12.0 Å². The summed E-state index contributed by atoms with van der Waals surface area (Å²) in [6.45, 7) is 0.282. The predicted molar refractivity (Wildman–Crippen MR) is 162 cm³/mol. The lowest BCUT2D eigenvalue weighted by Crippen LogP contribution is -2.50. The van der Waals surface area contributed by atoms with Gasteiger partial charge in [-0.1, -0.05) is 12.1 Å². The number of carboxylic acids is 1. The number of carbonyl (C=O) groups excluding carboxylic acids is 3. The minimum atomic E-state index is -4.41. The zero-order valence-corrected chi connectivity index (χ0v) is 25.2. The maximum absolute atomic E-state index is 15.0. The first-order chi connectivity index (χ1) is 22.3. The lowest BCUT2D eigenvalue weighted by Gasteiger charge is -2.31. The smallest absolute Gasteiger partial charge is 0.331 e. The van der Waals surface area contributed by atoms with Crippen LogP contribution in [0.3, 0.4) is 0 Å². The molecule has 1 fully saturated rings. The van der Waals surface area contributed by atoms with Crippen molar-refractivity contribution in [1.82, 2.24) is 25.2 Å². The van der Waals surface area contributed by atoms with Gasteiger partial charge in [0.1, 0.15) is 29.6 Å². The van der Waals surface area contributed by atoms with Crippen LogP contribution in [0.5, 0.6) is 0 Å². The molecule has 2 aromatic carbocycles. The second kappa shape index (κ2) is 13.3. The van der Waals surface area contributed by atoms with Gasteiger partial charge in [0.15, 0.2) is 5.03 Å². The molecular weight excluding hydrogens is 640 g/mol. The third kappa shape index (κ3) is 7.19. The van der Waals surface area contributed by atoms with E-state index in [2.05, 4.69) is 20.3 Å². The maximum atomic E-state index is 15.0. The molecule has 1 atom stereocenters. The number of rotatable bonds is 10. The second-order valence-corrected chi connectivity index (χ2v) is 12.0. The number of anilines is 2. The fourth-order valence-corrected chi connectivity index (χ4v) is 5.64. The molecule has 2 aromatic heterocycles. The van der Waals surface area contributed by atoms with Crippen LogP contribution < -0.4 is 14.9 Å². The monoisotopic (exact) mass is 665 g/mol. The van der Waals surface area contributed by atoms with Crippen molar-refractivity contribution in [2.24, 2.45) is 0 Å². The van der Waals surface area contributed by atoms with Crippen LogP contribution in [0, 0.1) is 11.6 Å². The van der Waals surface area contributed by atoms with Crippen molar-refractivity contribution in [2.45, 2.75) is 23.9 Å². The molecule has 0 unspecified atom stereocenters. The van der Waals surface area contributed by atoms with Crippen molar-refractivity contribution in [3.8, 4) is 11.1 Å². The van der Waals surface area contributed by atoms with Crippen molar-refractivity contribution < 1.29 is 41.5 Å². The number of aromatic nitrogens is 3. The fourth-order valence-electron chi connectivity index (χ4n) is 4.66. The summed E-state index contributed by atoms with van der Waals surface area (Å²) in [4.78, 5) is 63.4. The zero-order valence-electron chi connectivity index (χ0n) is 24.4. The van der Waals surface area contributed by atoms with E-state index in [-0.39, 0.29) is 25.1 Å². The molecule has 3 N–H and O–H groups in total. The molecule has 4 aromatic rings. The van der Waals surface area contributed by atoms with Crippen molar-refractivity contribution in [2.75, 3.05) is 23.2 Å². The molecule has 0 spiro atoms. The molecule has 0 radical (unpaired) electrons. The summed E-state index contributed by atoms with van der Waals surface area (Å²) < 4.78 is 57.6. The fraction of sp³-hybridized carbons (Fsp3) is 0.167. The van der Waals surface area contributed by atoms with Gasteiger partial charge in [-0.15, -0.1) is 0 Å². The highest BCUT2D eigenvalue weighted by Crippen LogP contribution is 2.24. The number of hydrogen-bond acceptors (Lipinski definition) is 9. The lowest BCUT2D eigenvalue weighted by molar-refractivity contribution is -0.139. The van der Waals surface area contributed by atoms with E-state index < -0.39 is 67.8 Å². The van der Waals surface area contributed by atoms with E-state index in [0.717, 1.165) is 4.90 Å². The first-order valence-corrected chi connectivity index (χ1v) is 15.3. The molecule has 4 amide bonds. The van der Waals surface area contributed by atoms with Gasteiger partial charge in [0.2, 0.25) is 5.91 Å². The van der Waals surface area contributed by atoms with Gasteiger partial charge < -0.3 is 15.3 Å². The molecule has 14 nitrogen and oxygen atoms in total. The molecule has 3 heterocycles. The number of nitrogens with zero attached hydrogens (tertiary/aromatic N) is 5. The Labute approximate surface area is 266 Å². The van der Waals surface area contributed by atoms with E-state index in [1.54, 1.807) is 7.05 Å². The van der Waals surface area contributed by atoms with Crippen LogP contribution in [0.15, 0.2) is 78.5 Å². The molecule has 17 heteroatoms. The molecule has 1 aliphatic heterocycles. The largest absolute Gasteiger partial charge is 0.480 e. The normalized spacial score (nSPS) is 14.1. The summed E-state index contributed by atoms with van der Waals surface area (Å²) in [6.07, 6.45) is 5.40. The number of urea groups is 1. The number of nitrogens with one attached hydrogen (secondary N) is 2. The molecule has 47 heavy (non-hydrogen) atoms. The average molecular weight is 666 g/mol. The number of aliphatic carboxylic acids is 1. The number of sulfonamides is 1. The van der Waals surface area contributed by atoms with Crippen LogP contribution >= 0.6 is 0 Å². The number of hydrogen-bond donors (Lipinski definition) is 3. The van der Waals surface area contributed by atoms with Gasteiger partial charge in [-0.05, 0) is 42.0 Å². The molecule has 0 saturated carbocycles. The molecule has 5 rings (SSSR count). The SMILES string of the molecule is CN1CCC(=O)N(c2ccc(C[C@H](NC(=O)c3c(F)cc(NS(=O)(=O)c4ccc(-c5cncnc5)cn4)cc3F)C(=O)O)cc2)C1=O. The number of amides is 4. The number of pyridine rings is 1. The number of carboxylic acid groups (broad SMARTS) is 1. The van der Waals surface area contributed by atoms with Crippen molar-refractivity contribution >= 4 is 45.2 Å². The zero-order chi connectivity index (χ0) is 33.9. The standard InChI is InChI=1S/C30H25F2N7O7S/c1-38-9-8-26(40)39(30(38)44)21-5-2-17(3-6-21)10-24(29(42)43)36-28(41)27-22(31)11-20(12-23(27)32)37-47(45,46)25-7-4-18(15-35-25)19-13-33-16-34-14-19/h2-7,11-16,24,37H,8-10H2,1H3,(H,36,41)(H,42,43)/t24-/m0/s1. The average Bonchev–Trinajstić information content (AvgIpc) is 3.03. The van der Waals surface area contributed by atoms with Crippen LogP contribution in [0.2, 0.25) is 0 Å². The first-order valence-electron chi connectivity index (χ1n) is 13.8. The van der Waals surface area contributed by atoms with Crippen LogP contribution in [0.4, 0.5) is 25.0 Å². The van der Waals surface area contributed by atoms with Crippen LogP contribution in [0.1, 0.15) is 22.3 Å². The Balaban J connectivity index is 1.27. The lowest BCUT2D eigenvalue weighted by atomic mass is 10.0. The van der Waals surface area contributed by atoms with E-state index in [1.807, 2.05) is 4.72 Å². The molecule has 1 aliphatic rings. The number of benzene rings is 2. The van der Waals surface area contributed by atoms with E-state index in [1.165, 1.54) is 66.2 Å². The Morgan fingerprint density at radius 1 is 0.979 bits per heavy atom. The minimum absolute atomic E-state index is 0.133. The van der Waals surface area contributed by atoms with Crippen molar-refractivity contribution in [3.63, 3.8) is 0 Å². The third-order valence-corrected chi connectivity index (χ3v) is 8.39. The second-order valence-electron chi connectivity index (χ2n) is 10.4. The van der Waals surface area contributed by atoms with Gasteiger partial charge in [0.05, 0.1) is 11.4 Å². The first kappa shape index (κ1) is 32.6. The maximum Gasteiger partial charge on any atom is 0.331 e. The summed E-state index contributed by atoms with van der Waals surface area (Å²) in [5, 5.41) is 11.3. The number of carbonyl (C=O) groups is 4. The Morgan fingerprint density at radius 3 is 2.23 bits per heavy atom. The Hall–Kier alpha value is -5.84. The summed E-state index contributed by atoms with van der Waals surface area (Å²) in [5.41, 5.74) is 0.0535. The van der Waals surface area contributed by atoms with Gasteiger partial charge in [0, 0.05) is 56.2 Å². The quantitative estimate of drug-likeness (QED) is 0.227. The number of halogens is 2. The summed E-state index contributed by atoms with van der Waals surface area (Å²) in [5.74, 6) is -6.21. The highest BCUT2D eigenvalue weighted by Gasteiger charge is 2.31. The van der Waals surface area contributed by atoms with Gasteiger partial charge in [-0.2, -0.15) is 8.42 Å². The highest BCUT2D eigenvalue weighted by molar-refractivity contribution is 7.92. The van der Waals surface area contributed by atoms with Crippen LogP contribution in [-0.4, -0.2) is 76.8 Å². The highest BCUT2D eigenvalue weighted by atomic mass is 32.2. The van der Waals surface area contributed by atoms with Crippen LogP contribution in [0.25, 0.3) is 11.1 Å². The predicted octanol–water partition coefficient (Wildman–Crippen LogP) is 2.83. The minimum Gasteiger partial charge on any atom is -0.480 e. The van der Waals surface area contributed by atoms with Gasteiger partial charge in [0.25, 0.3) is 15.9 Å². The third-order valence-electron chi connectivity index (χ3n) is 7.09. The van der Waals surface area contributed by atoms with Gasteiger partial charge in [-0.3, -0.25) is 14.3 Å². The Bertz CT molecular complexity index is 1940. The van der Waals surface area contributed by atoms with E-state index in [0.29, 0.717) is 28.8 Å². The summed E-state index contributed by atoms with van der Waals surface area (Å²) in [7, 11) is -2.86. The van der Waals surface area contributed by atoms with E-state index >= 15 is 0 Å². The van der Waals surface area contributed by atoms with Crippen molar-refractivity contribution in [1.29, 1.82) is 0 Å². The van der Waals surface area contributed by atoms with Crippen molar-refractivity contribution in [3.05, 3.63) is 96.2 Å². The Morgan fingerprint density at radius 2 is 1.64 bits per heavy atom. The van der Waals surface area contributed by atoms with E-state index in [4.69, 9.17) is 0 Å². The molecular formula is C30H25F2N7O7S. The molecule has 242 valence electrons. The number of imide groups is 1. The summed E-state index contributed by atoms with van der Waals surface area (Å²) >= 11 is 0. The van der Waals surface area contributed by atoms with Gasteiger partial charge in [-0.25, -0.2) is 38.2 Å². The topological polar surface area (TPSA) is 192 Å². The molecule has 1 saturated heterocycles. The summed E-state index contributed by atoms with van der Waals surface area (Å²) in [6, 6.07) is 7.38. The van der Waals surface area contributed by atoms with E-state index in [9.17, 15) is 41.5 Å². The molecule has 0 bridgehead atoms. The Kier molecular flexibility index (Phi) is 9.18. The van der Waals surface area contributed by atoms with Crippen LogP contribution in [-0.2, 0) is 26.0 Å². The molecule has 0 aliphatic carbocycles.